The van der Waals surface area contributed by atoms with Gasteiger partial charge in [0, 0.05) is 17.7 Å². The molecule has 0 aliphatic heterocycles. The number of nitrogens with zero attached hydrogens (tertiary/aromatic N) is 2. The minimum absolute atomic E-state index is 0.0653. The molecule has 8 heteroatoms. The fourth-order valence-corrected chi connectivity index (χ4v) is 2.99. The first-order valence-corrected chi connectivity index (χ1v) is 9.39. The second-order valence-electron chi connectivity index (χ2n) is 7.55. The Balaban J connectivity index is 1.92. The topological polar surface area (TPSA) is 70.1 Å². The standard InChI is InChI=1S/C20H25F3N4O/c1-11(2)17(10-28)26-19-25-16(13-7-8-13)9-18(27-19)24-15-6-4-5-14(12(15)3)20(21,22)23/h4-6,9,11,13,17,28H,7-8,10H2,1-3H3,(H2,24,25,26,27)/t17-/m1/s1. The zero-order valence-electron chi connectivity index (χ0n) is 16.1. The van der Waals surface area contributed by atoms with E-state index in [4.69, 9.17) is 0 Å². The third-order valence-electron chi connectivity index (χ3n) is 4.96. The summed E-state index contributed by atoms with van der Waals surface area (Å²) < 4.78 is 39.5. The Hall–Kier alpha value is -2.35. The summed E-state index contributed by atoms with van der Waals surface area (Å²) in [5.74, 6) is 1.31. The summed E-state index contributed by atoms with van der Waals surface area (Å²) in [5, 5.41) is 15.7. The third kappa shape index (κ3) is 4.73. The van der Waals surface area contributed by atoms with E-state index in [1.54, 1.807) is 12.1 Å². The van der Waals surface area contributed by atoms with Crippen molar-refractivity contribution in [3.63, 3.8) is 0 Å². The number of aromatic nitrogens is 2. The number of benzene rings is 1. The van der Waals surface area contributed by atoms with Gasteiger partial charge >= 0.3 is 6.18 Å². The summed E-state index contributed by atoms with van der Waals surface area (Å²) >= 11 is 0. The first-order chi connectivity index (χ1) is 13.2. The van der Waals surface area contributed by atoms with E-state index in [0.29, 0.717) is 23.4 Å². The van der Waals surface area contributed by atoms with Crippen LogP contribution in [0.5, 0.6) is 0 Å². The van der Waals surface area contributed by atoms with Gasteiger partial charge in [0.05, 0.1) is 23.9 Å². The van der Waals surface area contributed by atoms with Crippen LogP contribution in [0, 0.1) is 12.8 Å². The van der Waals surface area contributed by atoms with E-state index in [-0.39, 0.29) is 24.1 Å². The van der Waals surface area contributed by atoms with Crippen molar-refractivity contribution in [1.82, 2.24) is 9.97 Å². The first-order valence-electron chi connectivity index (χ1n) is 9.39. The maximum absolute atomic E-state index is 13.2. The van der Waals surface area contributed by atoms with Crippen molar-refractivity contribution >= 4 is 17.5 Å². The second kappa shape index (κ2) is 7.95. The van der Waals surface area contributed by atoms with E-state index < -0.39 is 11.7 Å². The number of nitrogens with one attached hydrogen (secondary N) is 2. The highest BCUT2D eigenvalue weighted by molar-refractivity contribution is 5.63. The number of hydrogen-bond donors (Lipinski definition) is 3. The Kier molecular flexibility index (Phi) is 5.79. The van der Waals surface area contributed by atoms with Crippen LogP contribution >= 0.6 is 0 Å². The van der Waals surface area contributed by atoms with Crippen molar-refractivity contribution in [3.05, 3.63) is 41.1 Å². The van der Waals surface area contributed by atoms with Crippen molar-refractivity contribution in [3.8, 4) is 0 Å². The number of hydrogen-bond acceptors (Lipinski definition) is 5. The van der Waals surface area contributed by atoms with Gasteiger partial charge in [0.2, 0.25) is 5.95 Å². The molecule has 1 aliphatic carbocycles. The van der Waals surface area contributed by atoms with Gasteiger partial charge in [-0.15, -0.1) is 0 Å². The van der Waals surface area contributed by atoms with Crippen LogP contribution in [0.3, 0.4) is 0 Å². The number of alkyl halides is 3. The second-order valence-corrected chi connectivity index (χ2v) is 7.55. The van der Waals surface area contributed by atoms with Crippen LogP contribution in [-0.4, -0.2) is 27.7 Å². The number of halogens is 3. The van der Waals surface area contributed by atoms with E-state index in [0.717, 1.165) is 24.6 Å². The molecular formula is C20H25F3N4O. The maximum atomic E-state index is 13.2. The number of aliphatic hydroxyl groups is 1. The summed E-state index contributed by atoms with van der Waals surface area (Å²) in [6.07, 6.45) is -2.34. The van der Waals surface area contributed by atoms with Crippen molar-refractivity contribution < 1.29 is 18.3 Å². The molecule has 2 aromatic rings. The monoisotopic (exact) mass is 394 g/mol. The number of aliphatic hydroxyl groups excluding tert-OH is 1. The molecule has 28 heavy (non-hydrogen) atoms. The van der Waals surface area contributed by atoms with Crippen LogP contribution in [-0.2, 0) is 6.18 Å². The van der Waals surface area contributed by atoms with Crippen LogP contribution in [0.1, 0.15) is 49.4 Å². The Labute approximate surface area is 162 Å². The molecule has 1 aliphatic rings. The molecule has 152 valence electrons. The minimum Gasteiger partial charge on any atom is -0.394 e. The van der Waals surface area contributed by atoms with Gasteiger partial charge in [-0.25, -0.2) is 4.98 Å². The number of rotatable bonds is 7. The Morgan fingerprint density at radius 3 is 2.50 bits per heavy atom. The summed E-state index contributed by atoms with van der Waals surface area (Å²) in [6.45, 7) is 5.33. The van der Waals surface area contributed by atoms with Gasteiger partial charge in [-0.1, -0.05) is 19.9 Å². The van der Waals surface area contributed by atoms with Gasteiger partial charge in [0.15, 0.2) is 0 Å². The molecule has 1 fully saturated rings. The quantitative estimate of drug-likeness (QED) is 0.626. The lowest BCUT2D eigenvalue weighted by atomic mass is 10.1. The lowest BCUT2D eigenvalue weighted by Crippen LogP contribution is -2.30. The molecule has 0 radical (unpaired) electrons. The Morgan fingerprint density at radius 1 is 1.21 bits per heavy atom. The van der Waals surface area contributed by atoms with Crippen molar-refractivity contribution in [2.45, 2.75) is 51.7 Å². The molecule has 0 bridgehead atoms. The van der Waals surface area contributed by atoms with E-state index in [9.17, 15) is 18.3 Å². The van der Waals surface area contributed by atoms with Crippen LogP contribution in [0.15, 0.2) is 24.3 Å². The zero-order chi connectivity index (χ0) is 20.5. The molecular weight excluding hydrogens is 369 g/mol. The zero-order valence-corrected chi connectivity index (χ0v) is 16.1. The molecule has 1 atom stereocenters. The van der Waals surface area contributed by atoms with Gasteiger partial charge < -0.3 is 15.7 Å². The highest BCUT2D eigenvalue weighted by atomic mass is 19.4. The fourth-order valence-electron chi connectivity index (χ4n) is 2.99. The van der Waals surface area contributed by atoms with E-state index in [1.807, 2.05) is 13.8 Å². The van der Waals surface area contributed by atoms with Crippen LogP contribution in [0.4, 0.5) is 30.6 Å². The van der Waals surface area contributed by atoms with Crippen LogP contribution in [0.2, 0.25) is 0 Å². The molecule has 1 aromatic carbocycles. The number of anilines is 3. The highest BCUT2D eigenvalue weighted by Crippen LogP contribution is 2.40. The average Bonchev–Trinajstić information content (AvgIpc) is 3.45. The summed E-state index contributed by atoms with van der Waals surface area (Å²) in [7, 11) is 0. The van der Waals surface area contributed by atoms with E-state index in [2.05, 4.69) is 20.6 Å². The van der Waals surface area contributed by atoms with Crippen LogP contribution in [0.25, 0.3) is 0 Å². The maximum Gasteiger partial charge on any atom is 0.416 e. The molecule has 0 amide bonds. The summed E-state index contributed by atoms with van der Waals surface area (Å²) in [4.78, 5) is 8.95. The Morgan fingerprint density at radius 2 is 1.93 bits per heavy atom. The molecule has 0 unspecified atom stereocenters. The van der Waals surface area contributed by atoms with Gasteiger partial charge in [-0.2, -0.15) is 18.2 Å². The largest absolute Gasteiger partial charge is 0.416 e. The lowest BCUT2D eigenvalue weighted by Gasteiger charge is -2.21. The van der Waals surface area contributed by atoms with Crippen LogP contribution < -0.4 is 10.6 Å². The molecule has 1 heterocycles. The van der Waals surface area contributed by atoms with Crippen molar-refractivity contribution in [1.29, 1.82) is 0 Å². The predicted octanol–water partition coefficient (Wildman–Crippen LogP) is 4.85. The van der Waals surface area contributed by atoms with Gasteiger partial charge in [0.25, 0.3) is 0 Å². The summed E-state index contributed by atoms with van der Waals surface area (Å²) in [6, 6.07) is 5.61. The third-order valence-corrected chi connectivity index (χ3v) is 4.96. The SMILES string of the molecule is Cc1c(Nc2cc(C3CC3)nc(N[C@H](CO)C(C)C)n2)cccc1C(F)(F)F. The van der Waals surface area contributed by atoms with E-state index >= 15 is 0 Å². The molecule has 3 rings (SSSR count). The Bertz CT molecular complexity index is 835. The van der Waals surface area contributed by atoms with E-state index in [1.165, 1.54) is 13.0 Å². The molecule has 1 aromatic heterocycles. The van der Waals surface area contributed by atoms with Crippen molar-refractivity contribution in [2.75, 3.05) is 17.2 Å². The fraction of sp³-hybridized carbons (Fsp3) is 0.500. The minimum atomic E-state index is -4.41. The van der Waals surface area contributed by atoms with Gasteiger partial charge in [-0.05, 0) is 43.4 Å². The molecule has 1 saturated carbocycles. The summed E-state index contributed by atoms with van der Waals surface area (Å²) in [5.41, 5.74) is 0.646. The normalized spacial score (nSPS) is 15.6. The predicted molar refractivity (Wildman–Crippen MR) is 103 cm³/mol. The molecule has 3 N–H and O–H groups in total. The highest BCUT2D eigenvalue weighted by Gasteiger charge is 2.33. The van der Waals surface area contributed by atoms with Gasteiger partial charge in [-0.3, -0.25) is 0 Å². The molecule has 0 saturated heterocycles. The van der Waals surface area contributed by atoms with Crippen molar-refractivity contribution in [2.24, 2.45) is 5.92 Å². The average molecular weight is 394 g/mol. The lowest BCUT2D eigenvalue weighted by molar-refractivity contribution is -0.138. The molecule has 5 nitrogen and oxygen atoms in total. The van der Waals surface area contributed by atoms with Gasteiger partial charge in [0.1, 0.15) is 5.82 Å². The smallest absolute Gasteiger partial charge is 0.394 e. The first kappa shape index (κ1) is 20.4. The molecule has 0 spiro atoms.